The van der Waals surface area contributed by atoms with Crippen LogP contribution in [0.4, 0.5) is 0 Å². The van der Waals surface area contributed by atoms with E-state index in [1.807, 2.05) is 0 Å². The van der Waals surface area contributed by atoms with Gasteiger partial charge in [-0.05, 0) is 51.1 Å². The zero-order valence-corrected chi connectivity index (χ0v) is 14.4. The summed E-state index contributed by atoms with van der Waals surface area (Å²) in [6.07, 6.45) is 9.89. The molecule has 1 aromatic carbocycles. The summed E-state index contributed by atoms with van der Waals surface area (Å²) < 4.78 is 0. The minimum Gasteiger partial charge on any atom is -0.313 e. The first-order chi connectivity index (χ1) is 10.1. The molecule has 2 rings (SSSR count). The smallest absolute Gasteiger partial charge is 0.0346 e. The van der Waals surface area contributed by atoms with Gasteiger partial charge in [-0.2, -0.15) is 0 Å². The van der Waals surface area contributed by atoms with Crippen LogP contribution in [0.15, 0.2) is 18.2 Å². The lowest BCUT2D eigenvalue weighted by Gasteiger charge is -2.34. The van der Waals surface area contributed by atoms with Gasteiger partial charge in [0.1, 0.15) is 0 Å². The van der Waals surface area contributed by atoms with Gasteiger partial charge in [0.25, 0.3) is 0 Å². The molecular weight excluding hydrogens is 254 g/mol. The Kier molecular flexibility index (Phi) is 6.29. The SMILES string of the molecule is CCCCC1CCC(C(NC)c2cc(C)cc(C)c2)CC1. The molecule has 0 saturated heterocycles. The van der Waals surface area contributed by atoms with Crippen molar-refractivity contribution in [1.82, 2.24) is 5.32 Å². The van der Waals surface area contributed by atoms with Crippen LogP contribution in [0.2, 0.25) is 0 Å². The Bertz CT molecular complexity index is 409. The quantitative estimate of drug-likeness (QED) is 0.722. The second kappa shape index (κ2) is 7.98. The van der Waals surface area contributed by atoms with Crippen molar-refractivity contribution in [2.45, 2.75) is 71.8 Å². The van der Waals surface area contributed by atoms with Gasteiger partial charge in [0, 0.05) is 6.04 Å². The molecule has 0 amide bonds. The molecule has 1 fully saturated rings. The second-order valence-electron chi connectivity index (χ2n) is 7.11. The molecule has 1 nitrogen and oxygen atoms in total. The molecule has 0 radical (unpaired) electrons. The first kappa shape index (κ1) is 16.5. The molecule has 1 aromatic rings. The minimum absolute atomic E-state index is 0.538. The maximum atomic E-state index is 3.60. The van der Waals surface area contributed by atoms with Gasteiger partial charge in [-0.25, -0.2) is 0 Å². The fourth-order valence-electron chi connectivity index (χ4n) is 4.17. The van der Waals surface area contributed by atoms with Crippen LogP contribution < -0.4 is 5.32 Å². The van der Waals surface area contributed by atoms with Gasteiger partial charge in [-0.1, -0.05) is 68.4 Å². The highest BCUT2D eigenvalue weighted by Crippen LogP contribution is 2.38. The van der Waals surface area contributed by atoms with Gasteiger partial charge >= 0.3 is 0 Å². The minimum atomic E-state index is 0.538. The summed E-state index contributed by atoms with van der Waals surface area (Å²) in [5.41, 5.74) is 4.27. The van der Waals surface area contributed by atoms with E-state index in [4.69, 9.17) is 0 Å². The predicted molar refractivity (Wildman–Crippen MR) is 92.7 cm³/mol. The number of hydrogen-bond acceptors (Lipinski definition) is 1. The Morgan fingerprint density at radius 3 is 2.19 bits per heavy atom. The molecule has 0 aliphatic heterocycles. The number of rotatable bonds is 6. The molecule has 1 heteroatoms. The Labute approximate surface area is 131 Å². The average Bonchev–Trinajstić information content (AvgIpc) is 2.46. The van der Waals surface area contributed by atoms with Crippen molar-refractivity contribution in [1.29, 1.82) is 0 Å². The van der Waals surface area contributed by atoms with Crippen molar-refractivity contribution in [2.75, 3.05) is 7.05 Å². The maximum absolute atomic E-state index is 3.60. The molecule has 118 valence electrons. The largest absolute Gasteiger partial charge is 0.313 e. The molecule has 0 aromatic heterocycles. The van der Waals surface area contributed by atoms with Crippen LogP contribution in [0, 0.1) is 25.7 Å². The van der Waals surface area contributed by atoms with Crippen LogP contribution in [0.3, 0.4) is 0 Å². The van der Waals surface area contributed by atoms with E-state index in [9.17, 15) is 0 Å². The molecular formula is C20H33N. The highest BCUT2D eigenvalue weighted by atomic mass is 14.9. The molecule has 0 heterocycles. The van der Waals surface area contributed by atoms with E-state index in [0.29, 0.717) is 6.04 Å². The Morgan fingerprint density at radius 2 is 1.67 bits per heavy atom. The summed E-state index contributed by atoms with van der Waals surface area (Å²) >= 11 is 0. The van der Waals surface area contributed by atoms with E-state index in [0.717, 1.165) is 11.8 Å². The molecule has 1 saturated carbocycles. The van der Waals surface area contributed by atoms with Crippen molar-refractivity contribution < 1.29 is 0 Å². The predicted octanol–water partition coefficient (Wildman–Crippen LogP) is 5.56. The molecule has 0 spiro atoms. The molecule has 21 heavy (non-hydrogen) atoms. The summed E-state index contributed by atoms with van der Waals surface area (Å²) in [6, 6.07) is 7.56. The zero-order valence-electron chi connectivity index (χ0n) is 14.4. The second-order valence-corrected chi connectivity index (χ2v) is 7.11. The van der Waals surface area contributed by atoms with E-state index in [1.54, 1.807) is 0 Å². The van der Waals surface area contributed by atoms with Crippen LogP contribution in [-0.4, -0.2) is 7.05 Å². The lowest BCUT2D eigenvalue weighted by Crippen LogP contribution is -2.29. The monoisotopic (exact) mass is 287 g/mol. The van der Waals surface area contributed by atoms with E-state index < -0.39 is 0 Å². The van der Waals surface area contributed by atoms with Gasteiger partial charge < -0.3 is 5.32 Å². The van der Waals surface area contributed by atoms with Crippen molar-refractivity contribution in [3.05, 3.63) is 34.9 Å². The highest BCUT2D eigenvalue weighted by Gasteiger charge is 2.27. The summed E-state index contributed by atoms with van der Waals surface area (Å²) in [6.45, 7) is 6.73. The van der Waals surface area contributed by atoms with Crippen LogP contribution in [0.1, 0.15) is 74.6 Å². The summed E-state index contributed by atoms with van der Waals surface area (Å²) in [4.78, 5) is 0. The van der Waals surface area contributed by atoms with Gasteiger partial charge in [-0.15, -0.1) is 0 Å². The van der Waals surface area contributed by atoms with E-state index in [2.05, 4.69) is 51.3 Å². The van der Waals surface area contributed by atoms with Crippen LogP contribution >= 0.6 is 0 Å². The summed E-state index contributed by atoms with van der Waals surface area (Å²) in [5.74, 6) is 1.81. The Hall–Kier alpha value is -0.820. The summed E-state index contributed by atoms with van der Waals surface area (Å²) in [7, 11) is 2.13. The Morgan fingerprint density at radius 1 is 1.05 bits per heavy atom. The third-order valence-electron chi connectivity index (χ3n) is 5.24. The molecule has 1 N–H and O–H groups in total. The number of hydrogen-bond donors (Lipinski definition) is 1. The van der Waals surface area contributed by atoms with Gasteiger partial charge in [0.2, 0.25) is 0 Å². The molecule has 1 unspecified atom stereocenters. The van der Waals surface area contributed by atoms with Crippen LogP contribution in [0.25, 0.3) is 0 Å². The zero-order chi connectivity index (χ0) is 15.2. The van der Waals surface area contributed by atoms with Crippen molar-refractivity contribution in [3.63, 3.8) is 0 Å². The van der Waals surface area contributed by atoms with Gasteiger partial charge in [0.15, 0.2) is 0 Å². The third-order valence-corrected chi connectivity index (χ3v) is 5.24. The number of nitrogens with one attached hydrogen (secondary N) is 1. The van der Waals surface area contributed by atoms with Crippen LogP contribution in [-0.2, 0) is 0 Å². The fraction of sp³-hybridized carbons (Fsp3) is 0.700. The number of unbranched alkanes of at least 4 members (excludes halogenated alkanes) is 1. The molecule has 1 aliphatic rings. The lowest BCUT2D eigenvalue weighted by molar-refractivity contribution is 0.218. The Balaban J connectivity index is 1.99. The lowest BCUT2D eigenvalue weighted by atomic mass is 9.75. The van der Waals surface area contributed by atoms with Crippen molar-refractivity contribution in [3.8, 4) is 0 Å². The number of aryl methyl sites for hydroxylation is 2. The summed E-state index contributed by atoms with van der Waals surface area (Å²) in [5, 5.41) is 3.60. The molecule has 1 atom stereocenters. The maximum Gasteiger partial charge on any atom is 0.0346 e. The topological polar surface area (TPSA) is 12.0 Å². The van der Waals surface area contributed by atoms with E-state index in [-0.39, 0.29) is 0 Å². The van der Waals surface area contributed by atoms with E-state index in [1.165, 1.54) is 61.6 Å². The molecule has 0 bridgehead atoms. The first-order valence-electron chi connectivity index (χ1n) is 8.89. The van der Waals surface area contributed by atoms with Gasteiger partial charge in [0.05, 0.1) is 0 Å². The highest BCUT2D eigenvalue weighted by molar-refractivity contribution is 5.31. The van der Waals surface area contributed by atoms with Crippen LogP contribution in [0.5, 0.6) is 0 Å². The van der Waals surface area contributed by atoms with E-state index >= 15 is 0 Å². The third kappa shape index (κ3) is 4.57. The normalized spacial score (nSPS) is 24.0. The van der Waals surface area contributed by atoms with Crippen molar-refractivity contribution >= 4 is 0 Å². The first-order valence-corrected chi connectivity index (χ1v) is 8.89. The fourth-order valence-corrected chi connectivity index (χ4v) is 4.17. The molecule has 1 aliphatic carbocycles. The van der Waals surface area contributed by atoms with Gasteiger partial charge in [-0.3, -0.25) is 0 Å². The van der Waals surface area contributed by atoms with Crippen molar-refractivity contribution in [2.24, 2.45) is 11.8 Å². The average molecular weight is 287 g/mol. The standard InChI is InChI=1S/C20H33N/c1-5-6-7-17-8-10-18(11-9-17)20(21-4)19-13-15(2)12-16(3)14-19/h12-14,17-18,20-21H,5-11H2,1-4H3. The number of benzene rings is 1.